The Labute approximate surface area is 236 Å². The van der Waals surface area contributed by atoms with Crippen LogP contribution < -0.4 is 21.3 Å². The number of hydrogen-bond donors (Lipinski definition) is 3. The minimum absolute atomic E-state index is 0.132. The normalized spacial score (nSPS) is 19.3. The summed E-state index contributed by atoms with van der Waals surface area (Å²) < 4.78 is 0. The number of likely N-dealkylation sites (N-methyl/N-ethyl adjacent to an activating group) is 1. The van der Waals surface area contributed by atoms with Crippen LogP contribution in [0.15, 0.2) is 54.6 Å². The fraction of sp³-hybridized carbons (Fsp3) is 0.452. The van der Waals surface area contributed by atoms with Gasteiger partial charge < -0.3 is 26.2 Å². The van der Waals surface area contributed by atoms with Crippen LogP contribution in [-0.2, 0) is 0 Å². The molecule has 1 saturated carbocycles. The number of amides is 1. The summed E-state index contributed by atoms with van der Waals surface area (Å²) in [7, 11) is 2.21. The van der Waals surface area contributed by atoms with E-state index in [4.69, 9.17) is 15.7 Å². The molecule has 1 amide bonds. The predicted octanol–water partition coefficient (Wildman–Crippen LogP) is 4.17. The lowest BCUT2D eigenvalue weighted by molar-refractivity contribution is 0.0982. The number of aromatic nitrogens is 2. The van der Waals surface area contributed by atoms with Gasteiger partial charge in [-0.15, -0.1) is 0 Å². The quantitative estimate of drug-likeness (QED) is 0.391. The van der Waals surface area contributed by atoms with Gasteiger partial charge in [0.25, 0.3) is 5.91 Å². The summed E-state index contributed by atoms with van der Waals surface area (Å²) in [6.07, 6.45) is 5.81. The van der Waals surface area contributed by atoms with E-state index in [1.807, 2.05) is 42.5 Å². The third kappa shape index (κ3) is 5.90. The molecular formula is C31H40N8O. The molecule has 210 valence electrons. The highest BCUT2D eigenvalue weighted by molar-refractivity contribution is 5.97. The standard InChI is InChI=1S/C31H40N8O/c1-37-18-20-39(21-19-37)26-14-16-38(17-15-26)25-12-10-24(11-13-25)34-31-28(29(32)40)35-27(22-6-3-2-4-7-22)30(36-31)33-23-8-5-9-23/h2-4,6-7,10-13,23,26H,5,8-9,14-21H2,1H3,(H2,32,40)(H2,33,34,36). The fourth-order valence-corrected chi connectivity index (χ4v) is 5.91. The Kier molecular flexibility index (Phi) is 7.84. The van der Waals surface area contributed by atoms with Crippen molar-refractivity contribution in [1.82, 2.24) is 19.8 Å². The van der Waals surface area contributed by atoms with Crippen molar-refractivity contribution in [1.29, 1.82) is 0 Å². The van der Waals surface area contributed by atoms with Crippen molar-refractivity contribution >= 4 is 28.9 Å². The maximum Gasteiger partial charge on any atom is 0.271 e. The van der Waals surface area contributed by atoms with Gasteiger partial charge in [-0.05, 0) is 63.4 Å². The van der Waals surface area contributed by atoms with Crippen LogP contribution in [0.4, 0.5) is 23.0 Å². The molecule has 0 bridgehead atoms. The second kappa shape index (κ2) is 11.8. The van der Waals surface area contributed by atoms with Gasteiger partial charge in [0.05, 0.1) is 0 Å². The molecule has 0 unspecified atom stereocenters. The van der Waals surface area contributed by atoms with Gasteiger partial charge >= 0.3 is 0 Å². The average Bonchev–Trinajstić information content (AvgIpc) is 2.96. The van der Waals surface area contributed by atoms with Crippen molar-refractivity contribution < 1.29 is 4.79 Å². The fourth-order valence-electron chi connectivity index (χ4n) is 5.91. The minimum atomic E-state index is -0.609. The molecule has 3 aliphatic rings. The Morgan fingerprint density at radius 3 is 2.17 bits per heavy atom. The number of primary amides is 1. The first kappa shape index (κ1) is 26.5. The number of carbonyl (C=O) groups excluding carboxylic acids is 1. The van der Waals surface area contributed by atoms with Gasteiger partial charge in [0.15, 0.2) is 17.3 Å². The van der Waals surface area contributed by atoms with E-state index in [0.29, 0.717) is 29.4 Å². The van der Waals surface area contributed by atoms with E-state index >= 15 is 0 Å². The van der Waals surface area contributed by atoms with E-state index in [2.05, 4.69) is 44.5 Å². The molecule has 2 aliphatic heterocycles. The molecule has 9 heteroatoms. The van der Waals surface area contributed by atoms with Gasteiger partial charge in [-0.25, -0.2) is 9.97 Å². The Bertz CT molecular complexity index is 1290. The summed E-state index contributed by atoms with van der Waals surface area (Å²) in [5.41, 5.74) is 9.51. The van der Waals surface area contributed by atoms with Crippen molar-refractivity contribution in [3.8, 4) is 11.3 Å². The molecule has 3 heterocycles. The molecule has 3 fully saturated rings. The van der Waals surface area contributed by atoms with E-state index in [0.717, 1.165) is 37.2 Å². The number of hydrogen-bond acceptors (Lipinski definition) is 8. The summed E-state index contributed by atoms with van der Waals surface area (Å²) >= 11 is 0. The lowest BCUT2D eigenvalue weighted by atomic mass is 9.93. The van der Waals surface area contributed by atoms with Gasteiger partial charge in [0.2, 0.25) is 0 Å². The molecule has 1 aliphatic carbocycles. The van der Waals surface area contributed by atoms with Gasteiger partial charge in [-0.2, -0.15) is 0 Å². The molecule has 4 N–H and O–H groups in total. The number of piperazine rings is 1. The number of piperidine rings is 1. The van der Waals surface area contributed by atoms with Gasteiger partial charge in [0.1, 0.15) is 5.69 Å². The highest BCUT2D eigenvalue weighted by atomic mass is 16.1. The first-order valence-corrected chi connectivity index (χ1v) is 14.6. The molecule has 1 aromatic heterocycles. The lowest BCUT2D eigenvalue weighted by Gasteiger charge is -2.42. The van der Waals surface area contributed by atoms with E-state index in [9.17, 15) is 4.79 Å². The zero-order chi connectivity index (χ0) is 27.5. The number of benzene rings is 2. The molecule has 6 rings (SSSR count). The monoisotopic (exact) mass is 540 g/mol. The van der Waals surface area contributed by atoms with Crippen LogP contribution in [0.1, 0.15) is 42.6 Å². The molecule has 0 spiro atoms. The Morgan fingerprint density at radius 1 is 0.850 bits per heavy atom. The zero-order valence-corrected chi connectivity index (χ0v) is 23.4. The van der Waals surface area contributed by atoms with Crippen LogP contribution in [0.5, 0.6) is 0 Å². The molecule has 2 aromatic carbocycles. The van der Waals surface area contributed by atoms with Crippen molar-refractivity contribution in [3.63, 3.8) is 0 Å². The van der Waals surface area contributed by atoms with Gasteiger partial charge in [-0.3, -0.25) is 9.69 Å². The third-order valence-corrected chi connectivity index (χ3v) is 8.64. The first-order valence-electron chi connectivity index (χ1n) is 14.6. The highest BCUT2D eigenvalue weighted by Crippen LogP contribution is 2.32. The maximum atomic E-state index is 12.5. The van der Waals surface area contributed by atoms with Crippen LogP contribution >= 0.6 is 0 Å². The van der Waals surface area contributed by atoms with Gasteiger partial charge in [-0.1, -0.05) is 30.3 Å². The summed E-state index contributed by atoms with van der Waals surface area (Å²) in [5.74, 6) is 0.431. The summed E-state index contributed by atoms with van der Waals surface area (Å²) in [4.78, 5) is 29.6. The van der Waals surface area contributed by atoms with Crippen molar-refractivity contribution in [2.24, 2.45) is 5.73 Å². The molecule has 9 nitrogen and oxygen atoms in total. The molecule has 3 aromatic rings. The number of nitrogens with one attached hydrogen (secondary N) is 2. The zero-order valence-electron chi connectivity index (χ0n) is 23.4. The Morgan fingerprint density at radius 2 is 1.55 bits per heavy atom. The second-order valence-electron chi connectivity index (χ2n) is 11.3. The largest absolute Gasteiger partial charge is 0.371 e. The number of carbonyl (C=O) groups is 1. The summed E-state index contributed by atoms with van der Waals surface area (Å²) in [6, 6.07) is 19.2. The molecule has 40 heavy (non-hydrogen) atoms. The summed E-state index contributed by atoms with van der Waals surface area (Å²) in [6.45, 7) is 6.84. The Balaban J connectivity index is 1.17. The predicted molar refractivity (Wildman–Crippen MR) is 161 cm³/mol. The van der Waals surface area contributed by atoms with E-state index in [1.54, 1.807) is 0 Å². The van der Waals surface area contributed by atoms with Crippen molar-refractivity contribution in [2.75, 3.05) is 61.8 Å². The van der Waals surface area contributed by atoms with E-state index in [-0.39, 0.29) is 5.69 Å². The Hall–Kier alpha value is -3.69. The van der Waals surface area contributed by atoms with E-state index in [1.165, 1.54) is 51.1 Å². The number of rotatable bonds is 8. The van der Waals surface area contributed by atoms with Crippen LogP contribution in [0.3, 0.4) is 0 Å². The molecule has 0 radical (unpaired) electrons. The van der Waals surface area contributed by atoms with E-state index < -0.39 is 5.91 Å². The van der Waals surface area contributed by atoms with Crippen LogP contribution in [0.25, 0.3) is 11.3 Å². The first-order chi connectivity index (χ1) is 19.5. The summed E-state index contributed by atoms with van der Waals surface area (Å²) in [5, 5.41) is 6.86. The smallest absolute Gasteiger partial charge is 0.271 e. The van der Waals surface area contributed by atoms with Crippen molar-refractivity contribution in [3.05, 3.63) is 60.3 Å². The molecule has 2 saturated heterocycles. The topological polar surface area (TPSA) is 103 Å². The molecular weight excluding hydrogens is 500 g/mol. The number of nitrogens with zero attached hydrogens (tertiary/aromatic N) is 5. The van der Waals surface area contributed by atoms with Crippen LogP contribution in [-0.4, -0.2) is 84.1 Å². The SMILES string of the molecule is CN1CCN(C2CCN(c3ccc(Nc4nc(NC5CCC5)c(-c5ccccc5)nc4C(N)=O)cc3)CC2)CC1. The lowest BCUT2D eigenvalue weighted by Crippen LogP contribution is -2.52. The minimum Gasteiger partial charge on any atom is -0.371 e. The number of anilines is 4. The van der Waals surface area contributed by atoms with Crippen molar-refractivity contribution in [2.45, 2.75) is 44.2 Å². The number of nitrogens with two attached hydrogens (primary N) is 1. The third-order valence-electron chi connectivity index (χ3n) is 8.64. The van der Waals surface area contributed by atoms with Gasteiger partial charge in [0, 0.05) is 68.3 Å². The highest BCUT2D eigenvalue weighted by Gasteiger charge is 2.27. The molecule has 0 atom stereocenters. The average molecular weight is 541 g/mol. The second-order valence-corrected chi connectivity index (χ2v) is 11.3. The maximum absolute atomic E-state index is 12.5. The van der Waals surface area contributed by atoms with Crippen LogP contribution in [0.2, 0.25) is 0 Å². The van der Waals surface area contributed by atoms with Crippen LogP contribution in [0, 0.1) is 0 Å².